The van der Waals surface area contributed by atoms with Gasteiger partial charge in [0, 0.05) is 18.6 Å². The summed E-state index contributed by atoms with van der Waals surface area (Å²) >= 11 is 6.48. The highest BCUT2D eigenvalue weighted by atomic mass is 35.5. The number of fused-ring (bicyclic) bond motifs is 1. The molecule has 0 saturated carbocycles. The van der Waals surface area contributed by atoms with Gasteiger partial charge < -0.3 is 0 Å². The molecule has 2 aromatic carbocycles. The minimum atomic E-state index is -4.97. The third kappa shape index (κ3) is 4.65. The molecule has 0 atom stereocenters. The number of hydrogen-bond donors (Lipinski definition) is 0. The monoisotopic (exact) mass is 549 g/mol. The lowest BCUT2D eigenvalue weighted by atomic mass is 10.1. The lowest BCUT2D eigenvalue weighted by Crippen LogP contribution is -2.31. The van der Waals surface area contributed by atoms with Crippen LogP contribution in [0.3, 0.4) is 0 Å². The standard InChI is InChI=1S/C24H16ClF4N5O2S/c25-22-23(31-21-4-1-2-12-32(21)22)34(15-16-5-10-20(26)19(14-16)24(27,28)29)37(35,36)18-8-6-17(7-9-18)33-13-3-11-30-33/h1-14H,15H2. The molecule has 0 aliphatic rings. The number of sulfonamides is 1. The molecule has 0 N–H and O–H groups in total. The van der Waals surface area contributed by atoms with Crippen LogP contribution >= 0.6 is 11.6 Å². The fraction of sp³-hybridized carbons (Fsp3) is 0.0833. The fourth-order valence-corrected chi connectivity index (χ4v) is 5.51. The van der Waals surface area contributed by atoms with E-state index >= 15 is 0 Å². The summed E-state index contributed by atoms with van der Waals surface area (Å²) in [4.78, 5) is 4.16. The largest absolute Gasteiger partial charge is 0.419 e. The van der Waals surface area contributed by atoms with Gasteiger partial charge in [-0.2, -0.15) is 18.3 Å². The Morgan fingerprint density at radius 1 is 0.973 bits per heavy atom. The third-order valence-electron chi connectivity index (χ3n) is 5.55. The Hall–Kier alpha value is -3.90. The maximum atomic E-state index is 13.9. The number of nitrogens with zero attached hydrogens (tertiary/aromatic N) is 5. The summed E-state index contributed by atoms with van der Waals surface area (Å²) in [6.45, 7) is -0.587. The molecule has 37 heavy (non-hydrogen) atoms. The molecule has 5 rings (SSSR count). The van der Waals surface area contributed by atoms with Crippen LogP contribution in [0, 0.1) is 5.82 Å². The van der Waals surface area contributed by atoms with Crippen molar-refractivity contribution in [2.45, 2.75) is 17.6 Å². The molecule has 0 aliphatic carbocycles. The van der Waals surface area contributed by atoms with Gasteiger partial charge in [-0.15, -0.1) is 0 Å². The summed E-state index contributed by atoms with van der Waals surface area (Å²) in [5.74, 6) is -1.66. The molecule has 0 fully saturated rings. The molecule has 0 saturated heterocycles. The van der Waals surface area contributed by atoms with Gasteiger partial charge in [-0.3, -0.25) is 4.40 Å². The van der Waals surface area contributed by atoms with E-state index in [-0.39, 0.29) is 21.4 Å². The van der Waals surface area contributed by atoms with Gasteiger partial charge in [0.05, 0.1) is 22.7 Å². The predicted octanol–water partition coefficient (Wildman–Crippen LogP) is 5.73. The van der Waals surface area contributed by atoms with Crippen LogP contribution in [-0.4, -0.2) is 27.6 Å². The molecule has 0 unspecified atom stereocenters. The molecule has 0 spiro atoms. The Labute approximate surface area is 213 Å². The Bertz CT molecular complexity index is 1680. The van der Waals surface area contributed by atoms with E-state index in [0.717, 1.165) is 10.4 Å². The second-order valence-electron chi connectivity index (χ2n) is 7.92. The first-order valence-corrected chi connectivity index (χ1v) is 12.5. The van der Waals surface area contributed by atoms with Crippen LogP contribution in [0.2, 0.25) is 5.15 Å². The predicted molar refractivity (Wildman–Crippen MR) is 129 cm³/mol. The molecule has 13 heteroatoms. The lowest BCUT2D eigenvalue weighted by molar-refractivity contribution is -0.140. The third-order valence-corrected chi connectivity index (χ3v) is 7.65. The van der Waals surface area contributed by atoms with Gasteiger partial charge in [0.1, 0.15) is 11.5 Å². The number of hydrogen-bond acceptors (Lipinski definition) is 4. The number of anilines is 1. The van der Waals surface area contributed by atoms with Crippen LogP contribution in [0.4, 0.5) is 23.4 Å². The van der Waals surface area contributed by atoms with Crippen LogP contribution in [0.15, 0.2) is 90.2 Å². The molecule has 0 amide bonds. The highest BCUT2D eigenvalue weighted by Gasteiger charge is 2.35. The van der Waals surface area contributed by atoms with E-state index in [2.05, 4.69) is 10.1 Å². The number of benzene rings is 2. The average Bonchev–Trinajstić information content (AvgIpc) is 3.52. The molecule has 0 aliphatic heterocycles. The molecule has 3 aromatic heterocycles. The van der Waals surface area contributed by atoms with Crippen molar-refractivity contribution in [1.82, 2.24) is 19.2 Å². The van der Waals surface area contributed by atoms with Crippen molar-refractivity contribution in [3.8, 4) is 5.69 Å². The zero-order valence-electron chi connectivity index (χ0n) is 18.6. The topological polar surface area (TPSA) is 72.5 Å². The van der Waals surface area contributed by atoms with E-state index in [0.29, 0.717) is 23.5 Å². The number of rotatable bonds is 6. The SMILES string of the molecule is O=S(=O)(c1ccc(-n2cccn2)cc1)N(Cc1ccc(F)c(C(F)(F)F)c1)c1nc2ccccn2c1Cl. The van der Waals surface area contributed by atoms with E-state index in [1.165, 1.54) is 33.3 Å². The maximum absolute atomic E-state index is 13.9. The van der Waals surface area contributed by atoms with Gasteiger partial charge in [0.25, 0.3) is 10.0 Å². The number of aromatic nitrogens is 4. The summed E-state index contributed by atoms with van der Waals surface area (Å²) in [5, 5.41) is 4.03. The Kier molecular flexibility index (Phi) is 6.16. The lowest BCUT2D eigenvalue weighted by Gasteiger charge is -2.23. The second-order valence-corrected chi connectivity index (χ2v) is 10.1. The van der Waals surface area contributed by atoms with Crippen molar-refractivity contribution in [2.24, 2.45) is 0 Å². The highest BCUT2D eigenvalue weighted by Crippen LogP contribution is 2.35. The summed E-state index contributed by atoms with van der Waals surface area (Å²) in [7, 11) is -4.40. The number of halogens is 5. The van der Waals surface area contributed by atoms with Crippen molar-refractivity contribution >= 4 is 33.1 Å². The Balaban J connectivity index is 1.62. The zero-order chi connectivity index (χ0) is 26.4. The minimum Gasteiger partial charge on any atom is -0.289 e. The first-order chi connectivity index (χ1) is 17.6. The van der Waals surface area contributed by atoms with Crippen molar-refractivity contribution in [2.75, 3.05) is 4.31 Å². The van der Waals surface area contributed by atoms with Gasteiger partial charge in [-0.25, -0.2) is 26.8 Å². The fourth-order valence-electron chi connectivity index (χ4n) is 3.76. The highest BCUT2D eigenvalue weighted by molar-refractivity contribution is 7.92. The Morgan fingerprint density at radius 2 is 1.73 bits per heavy atom. The van der Waals surface area contributed by atoms with E-state index in [1.807, 2.05) is 0 Å². The number of alkyl halides is 3. The summed E-state index contributed by atoms with van der Waals surface area (Å²) in [5.41, 5.74) is -0.702. The molecular weight excluding hydrogens is 534 g/mol. The van der Waals surface area contributed by atoms with Gasteiger partial charge in [-0.1, -0.05) is 23.7 Å². The molecule has 190 valence electrons. The average molecular weight is 550 g/mol. The minimum absolute atomic E-state index is 0.0644. The maximum Gasteiger partial charge on any atom is 0.419 e. The van der Waals surface area contributed by atoms with E-state index < -0.39 is 34.1 Å². The van der Waals surface area contributed by atoms with Gasteiger partial charge >= 0.3 is 6.18 Å². The second kappa shape index (κ2) is 9.20. The van der Waals surface area contributed by atoms with Crippen LogP contribution in [0.25, 0.3) is 11.3 Å². The van der Waals surface area contributed by atoms with Crippen LogP contribution < -0.4 is 4.31 Å². The molecule has 7 nitrogen and oxygen atoms in total. The van der Waals surface area contributed by atoms with E-state index in [4.69, 9.17) is 11.6 Å². The van der Waals surface area contributed by atoms with Gasteiger partial charge in [0.15, 0.2) is 11.0 Å². The first kappa shape index (κ1) is 24.8. The molecule has 0 radical (unpaired) electrons. The van der Waals surface area contributed by atoms with Gasteiger partial charge in [-0.05, 0) is 60.2 Å². The van der Waals surface area contributed by atoms with Crippen molar-refractivity contribution < 1.29 is 26.0 Å². The summed E-state index contributed by atoms with van der Waals surface area (Å²) < 4.78 is 85.3. The van der Waals surface area contributed by atoms with E-state index in [1.54, 1.807) is 42.9 Å². The molecule has 5 aromatic rings. The first-order valence-electron chi connectivity index (χ1n) is 10.7. The van der Waals surface area contributed by atoms with Crippen molar-refractivity contribution in [1.29, 1.82) is 0 Å². The normalized spacial score (nSPS) is 12.2. The van der Waals surface area contributed by atoms with Crippen LogP contribution in [0.5, 0.6) is 0 Å². The van der Waals surface area contributed by atoms with Crippen molar-refractivity contribution in [3.05, 3.63) is 107 Å². The van der Waals surface area contributed by atoms with E-state index in [9.17, 15) is 26.0 Å². The summed E-state index contributed by atoms with van der Waals surface area (Å²) in [6, 6.07) is 14.7. The zero-order valence-corrected chi connectivity index (χ0v) is 20.2. The summed E-state index contributed by atoms with van der Waals surface area (Å²) in [6.07, 6.45) is -0.154. The van der Waals surface area contributed by atoms with Crippen LogP contribution in [-0.2, 0) is 22.7 Å². The van der Waals surface area contributed by atoms with Crippen molar-refractivity contribution in [3.63, 3.8) is 0 Å². The number of imidazole rings is 1. The van der Waals surface area contributed by atoms with Crippen LogP contribution in [0.1, 0.15) is 11.1 Å². The smallest absolute Gasteiger partial charge is 0.289 e. The Morgan fingerprint density at radius 3 is 2.38 bits per heavy atom. The number of pyridine rings is 1. The molecule has 3 heterocycles. The quantitative estimate of drug-likeness (QED) is 0.254. The van der Waals surface area contributed by atoms with Gasteiger partial charge in [0.2, 0.25) is 0 Å². The molecule has 0 bridgehead atoms. The molecular formula is C24H16ClF4N5O2S.